The summed E-state index contributed by atoms with van der Waals surface area (Å²) in [5, 5.41) is 8.14. The first-order chi connectivity index (χ1) is 8.38. The number of hydrogen-bond donors (Lipinski definition) is 0. The fraction of sp³-hybridized carbons (Fsp3) is 0.500. The van der Waals surface area contributed by atoms with Crippen molar-refractivity contribution in [2.75, 3.05) is 0 Å². The third kappa shape index (κ3) is 2.64. The Morgan fingerprint density at radius 1 is 1.44 bits per heavy atom. The van der Waals surface area contributed by atoms with Crippen molar-refractivity contribution in [3.8, 4) is 0 Å². The van der Waals surface area contributed by atoms with E-state index in [1.807, 2.05) is 34.0 Å². The maximum atomic E-state index is 12.2. The van der Waals surface area contributed by atoms with Crippen molar-refractivity contribution in [1.82, 2.24) is 19.4 Å². The fourth-order valence-corrected chi connectivity index (χ4v) is 2.50. The minimum atomic E-state index is -0.160. The largest absolute Gasteiger partial charge is 0.293 e. The molecule has 96 valence electrons. The van der Waals surface area contributed by atoms with E-state index >= 15 is 0 Å². The molecule has 0 saturated carbocycles. The molecule has 0 fully saturated rings. The highest BCUT2D eigenvalue weighted by Gasteiger charge is 2.26. The molecule has 0 radical (unpaired) electrons. The number of ketones is 1. The summed E-state index contributed by atoms with van der Waals surface area (Å²) >= 11 is 1.17. The second-order valence-corrected chi connectivity index (χ2v) is 6.08. The van der Waals surface area contributed by atoms with Gasteiger partial charge < -0.3 is 0 Å². The van der Waals surface area contributed by atoms with E-state index < -0.39 is 0 Å². The van der Waals surface area contributed by atoms with E-state index in [4.69, 9.17) is 0 Å². The molecule has 0 aromatic carbocycles. The summed E-state index contributed by atoms with van der Waals surface area (Å²) in [5.41, 5.74) is 1.53. The highest BCUT2D eigenvalue weighted by Crippen LogP contribution is 2.26. The summed E-state index contributed by atoms with van der Waals surface area (Å²) in [4.78, 5) is 12.9. The van der Waals surface area contributed by atoms with Gasteiger partial charge in [-0.05, 0) is 17.1 Å². The van der Waals surface area contributed by atoms with Crippen LogP contribution in [0.15, 0.2) is 12.4 Å². The molecular formula is C12H16N4OS. The smallest absolute Gasteiger partial charge is 0.180 e. The van der Waals surface area contributed by atoms with Gasteiger partial charge in [0, 0.05) is 25.1 Å². The number of hydrogen-bond acceptors (Lipinski definition) is 5. The van der Waals surface area contributed by atoms with Crippen LogP contribution in [0.1, 0.15) is 41.7 Å². The lowest BCUT2D eigenvalue weighted by atomic mass is 9.90. The predicted octanol–water partition coefficient (Wildman–Crippen LogP) is 1.99. The third-order valence-corrected chi connectivity index (χ3v) is 3.34. The molecule has 0 spiro atoms. The molecule has 18 heavy (non-hydrogen) atoms. The quantitative estimate of drug-likeness (QED) is 0.795. The maximum Gasteiger partial charge on any atom is 0.180 e. The van der Waals surface area contributed by atoms with Crippen LogP contribution in [0.2, 0.25) is 0 Å². The van der Waals surface area contributed by atoms with Crippen LogP contribution in [0.4, 0.5) is 0 Å². The van der Waals surface area contributed by atoms with Crippen molar-refractivity contribution >= 4 is 17.3 Å². The van der Waals surface area contributed by atoms with Gasteiger partial charge in [0.1, 0.15) is 4.88 Å². The standard InChI is InChI=1S/C12H16N4OS/c1-12(2,3)11-10(18-15-14-11)9(17)5-8-6-13-16(4)7-8/h6-7H,5H2,1-4H3. The van der Waals surface area contributed by atoms with Crippen LogP contribution < -0.4 is 0 Å². The van der Waals surface area contributed by atoms with E-state index in [-0.39, 0.29) is 11.2 Å². The Hall–Kier alpha value is -1.56. The summed E-state index contributed by atoms with van der Waals surface area (Å²) in [6.45, 7) is 6.10. The zero-order valence-electron chi connectivity index (χ0n) is 11.0. The molecule has 6 heteroatoms. The Bertz CT molecular complexity index is 565. The van der Waals surface area contributed by atoms with E-state index in [0.717, 1.165) is 11.3 Å². The number of carbonyl (C=O) groups is 1. The molecule has 0 atom stereocenters. The summed E-state index contributed by atoms with van der Waals surface area (Å²) in [6, 6.07) is 0. The van der Waals surface area contributed by atoms with E-state index in [0.29, 0.717) is 11.3 Å². The first-order valence-corrected chi connectivity index (χ1v) is 6.49. The molecule has 0 amide bonds. The lowest BCUT2D eigenvalue weighted by molar-refractivity contribution is 0.0994. The number of rotatable bonds is 3. The average molecular weight is 264 g/mol. The van der Waals surface area contributed by atoms with Gasteiger partial charge in [-0.15, -0.1) is 5.10 Å². The topological polar surface area (TPSA) is 60.7 Å². The van der Waals surface area contributed by atoms with E-state index in [1.54, 1.807) is 10.9 Å². The molecule has 5 nitrogen and oxygen atoms in total. The summed E-state index contributed by atoms with van der Waals surface area (Å²) < 4.78 is 5.60. The SMILES string of the molecule is Cn1cc(CC(=O)c2snnc2C(C)(C)C)cn1. The Labute approximate surface area is 110 Å². The van der Waals surface area contributed by atoms with E-state index in [1.165, 1.54) is 11.5 Å². The monoisotopic (exact) mass is 264 g/mol. The van der Waals surface area contributed by atoms with Gasteiger partial charge in [-0.1, -0.05) is 25.3 Å². The van der Waals surface area contributed by atoms with Crippen molar-refractivity contribution in [2.24, 2.45) is 7.05 Å². The lowest BCUT2D eigenvalue weighted by Crippen LogP contribution is -2.17. The molecule has 0 aliphatic rings. The molecule has 2 aromatic heterocycles. The van der Waals surface area contributed by atoms with Crippen molar-refractivity contribution in [3.63, 3.8) is 0 Å². The number of aromatic nitrogens is 4. The van der Waals surface area contributed by atoms with Crippen molar-refractivity contribution in [2.45, 2.75) is 32.6 Å². The van der Waals surface area contributed by atoms with Gasteiger partial charge in [0.25, 0.3) is 0 Å². The van der Waals surface area contributed by atoms with Gasteiger partial charge in [-0.25, -0.2) is 0 Å². The van der Waals surface area contributed by atoms with Crippen LogP contribution in [0.3, 0.4) is 0 Å². The molecule has 0 aliphatic heterocycles. The van der Waals surface area contributed by atoms with Crippen LogP contribution in [0, 0.1) is 0 Å². The van der Waals surface area contributed by atoms with Gasteiger partial charge in [0.05, 0.1) is 11.9 Å². The molecule has 0 bridgehead atoms. The van der Waals surface area contributed by atoms with Crippen LogP contribution in [0.25, 0.3) is 0 Å². The number of aryl methyl sites for hydroxylation is 1. The highest BCUT2D eigenvalue weighted by molar-refractivity contribution is 7.08. The van der Waals surface area contributed by atoms with Gasteiger partial charge >= 0.3 is 0 Å². The summed E-state index contributed by atoms with van der Waals surface area (Å²) in [5.74, 6) is 0.0583. The molecule has 0 N–H and O–H groups in total. The molecule has 0 saturated heterocycles. The van der Waals surface area contributed by atoms with Crippen LogP contribution >= 0.6 is 11.5 Å². The number of Topliss-reactive ketones (excluding diaryl/α,β-unsaturated/α-hetero) is 1. The minimum absolute atomic E-state index is 0.0583. The lowest BCUT2D eigenvalue weighted by Gasteiger charge is -2.15. The Kier molecular flexibility index (Phi) is 3.30. The highest BCUT2D eigenvalue weighted by atomic mass is 32.1. The zero-order valence-corrected chi connectivity index (χ0v) is 11.8. The Morgan fingerprint density at radius 2 is 2.17 bits per heavy atom. The Balaban J connectivity index is 2.22. The van der Waals surface area contributed by atoms with E-state index in [2.05, 4.69) is 14.7 Å². The normalized spacial score (nSPS) is 11.8. The summed E-state index contributed by atoms with van der Waals surface area (Å²) in [6.07, 6.45) is 3.91. The first-order valence-electron chi connectivity index (χ1n) is 5.71. The predicted molar refractivity (Wildman–Crippen MR) is 69.9 cm³/mol. The minimum Gasteiger partial charge on any atom is -0.293 e. The maximum absolute atomic E-state index is 12.2. The number of nitrogens with zero attached hydrogens (tertiary/aromatic N) is 4. The molecule has 0 unspecified atom stereocenters. The first kappa shape index (κ1) is 12.9. The number of carbonyl (C=O) groups excluding carboxylic acids is 1. The van der Waals surface area contributed by atoms with Gasteiger partial charge in [-0.2, -0.15) is 5.10 Å². The Morgan fingerprint density at radius 3 is 2.72 bits per heavy atom. The van der Waals surface area contributed by atoms with Gasteiger partial charge in [-0.3, -0.25) is 9.48 Å². The zero-order chi connectivity index (χ0) is 13.3. The van der Waals surface area contributed by atoms with Gasteiger partial charge in [0.2, 0.25) is 0 Å². The molecule has 0 aliphatic carbocycles. The molecular weight excluding hydrogens is 248 g/mol. The second kappa shape index (κ2) is 4.61. The van der Waals surface area contributed by atoms with Crippen molar-refractivity contribution in [3.05, 3.63) is 28.5 Å². The second-order valence-electron chi connectivity index (χ2n) is 5.32. The molecule has 2 rings (SSSR count). The summed E-state index contributed by atoms with van der Waals surface area (Å²) in [7, 11) is 1.84. The van der Waals surface area contributed by atoms with Crippen molar-refractivity contribution < 1.29 is 4.79 Å². The van der Waals surface area contributed by atoms with Gasteiger partial charge in [0.15, 0.2) is 5.78 Å². The van der Waals surface area contributed by atoms with Crippen LogP contribution in [0.5, 0.6) is 0 Å². The molecule has 2 aromatic rings. The molecule has 2 heterocycles. The van der Waals surface area contributed by atoms with Crippen LogP contribution in [-0.2, 0) is 18.9 Å². The van der Waals surface area contributed by atoms with Crippen molar-refractivity contribution in [1.29, 1.82) is 0 Å². The average Bonchev–Trinajstić information content (AvgIpc) is 2.85. The van der Waals surface area contributed by atoms with Crippen LogP contribution in [-0.4, -0.2) is 25.2 Å². The fourth-order valence-electron chi connectivity index (χ4n) is 1.69. The third-order valence-electron chi connectivity index (χ3n) is 2.57. The van der Waals surface area contributed by atoms with E-state index in [9.17, 15) is 4.79 Å².